The Morgan fingerprint density at radius 1 is 1.09 bits per heavy atom. The van der Waals surface area contributed by atoms with Crippen molar-refractivity contribution >= 4 is 29.9 Å². The van der Waals surface area contributed by atoms with Crippen LogP contribution < -0.4 is 10.6 Å². The third kappa shape index (κ3) is 6.60. The third-order valence-corrected chi connectivity index (χ3v) is 3.67. The molecule has 1 atom stereocenters. The molecule has 0 amide bonds. The van der Waals surface area contributed by atoms with Gasteiger partial charge in [0.2, 0.25) is 0 Å². The van der Waals surface area contributed by atoms with Crippen LogP contribution in [0.3, 0.4) is 0 Å². The van der Waals surface area contributed by atoms with Gasteiger partial charge in [-0.1, -0.05) is 60.2 Å². The molecule has 1 unspecified atom stereocenters. The van der Waals surface area contributed by atoms with Gasteiger partial charge >= 0.3 is 0 Å². The number of halogens is 1. The van der Waals surface area contributed by atoms with Crippen molar-refractivity contribution in [3.05, 3.63) is 71.3 Å². The SMILES string of the molecule is CN=C(NCCc1cccc(C)c1)NC(C)c1ccccc1.I. The van der Waals surface area contributed by atoms with Gasteiger partial charge in [-0.2, -0.15) is 0 Å². The van der Waals surface area contributed by atoms with E-state index in [0.29, 0.717) is 0 Å². The van der Waals surface area contributed by atoms with E-state index >= 15 is 0 Å². The second kappa shape index (κ2) is 10.3. The van der Waals surface area contributed by atoms with E-state index in [1.54, 1.807) is 7.05 Å². The summed E-state index contributed by atoms with van der Waals surface area (Å²) in [5, 5.41) is 6.80. The molecule has 0 heterocycles. The molecule has 0 aliphatic heterocycles. The molecule has 0 radical (unpaired) electrons. The average Bonchev–Trinajstić information content (AvgIpc) is 2.54. The summed E-state index contributed by atoms with van der Waals surface area (Å²) < 4.78 is 0. The van der Waals surface area contributed by atoms with E-state index in [2.05, 4.69) is 78.0 Å². The van der Waals surface area contributed by atoms with Crippen LogP contribution in [0.15, 0.2) is 59.6 Å². The summed E-state index contributed by atoms with van der Waals surface area (Å²) in [6.07, 6.45) is 0.988. The summed E-state index contributed by atoms with van der Waals surface area (Å²) in [4.78, 5) is 4.30. The summed E-state index contributed by atoms with van der Waals surface area (Å²) in [5.41, 5.74) is 3.90. The number of nitrogens with zero attached hydrogens (tertiary/aromatic N) is 1. The first-order valence-corrected chi connectivity index (χ1v) is 7.76. The zero-order chi connectivity index (χ0) is 15.8. The summed E-state index contributed by atoms with van der Waals surface area (Å²) in [7, 11) is 1.81. The zero-order valence-corrected chi connectivity index (χ0v) is 16.4. The van der Waals surface area contributed by atoms with E-state index in [-0.39, 0.29) is 30.0 Å². The van der Waals surface area contributed by atoms with Crippen molar-refractivity contribution < 1.29 is 0 Å². The number of benzene rings is 2. The lowest BCUT2D eigenvalue weighted by Gasteiger charge is -2.18. The van der Waals surface area contributed by atoms with Crippen LogP contribution in [0.1, 0.15) is 29.7 Å². The molecule has 0 fully saturated rings. The second-order valence-corrected chi connectivity index (χ2v) is 5.51. The Hall–Kier alpha value is -1.56. The predicted octanol–water partition coefficient (Wildman–Crippen LogP) is 4.08. The quantitative estimate of drug-likeness (QED) is 0.432. The molecule has 4 heteroatoms. The van der Waals surface area contributed by atoms with Gasteiger partial charge < -0.3 is 10.6 Å². The van der Waals surface area contributed by atoms with Gasteiger partial charge in [-0.05, 0) is 31.4 Å². The minimum atomic E-state index is 0. The van der Waals surface area contributed by atoms with Crippen molar-refractivity contribution in [2.75, 3.05) is 13.6 Å². The highest BCUT2D eigenvalue weighted by molar-refractivity contribution is 14.0. The van der Waals surface area contributed by atoms with Gasteiger partial charge in [0.05, 0.1) is 6.04 Å². The number of aliphatic imine (C=N–C) groups is 1. The normalized spacial score (nSPS) is 12.2. The predicted molar refractivity (Wildman–Crippen MR) is 110 cm³/mol. The van der Waals surface area contributed by atoms with Crippen LogP contribution in [-0.4, -0.2) is 19.6 Å². The van der Waals surface area contributed by atoms with Crippen LogP contribution in [0, 0.1) is 6.92 Å². The molecule has 0 aliphatic rings. The first kappa shape index (κ1) is 19.5. The maximum absolute atomic E-state index is 4.30. The molecule has 124 valence electrons. The molecule has 2 rings (SSSR count). The van der Waals surface area contributed by atoms with Crippen molar-refractivity contribution in [3.8, 4) is 0 Å². The third-order valence-electron chi connectivity index (χ3n) is 3.67. The number of guanidine groups is 1. The lowest BCUT2D eigenvalue weighted by atomic mass is 10.1. The largest absolute Gasteiger partial charge is 0.356 e. The smallest absolute Gasteiger partial charge is 0.191 e. The number of aryl methyl sites for hydroxylation is 1. The fourth-order valence-electron chi connectivity index (χ4n) is 2.42. The van der Waals surface area contributed by atoms with Gasteiger partial charge in [-0.15, -0.1) is 24.0 Å². The van der Waals surface area contributed by atoms with Crippen LogP contribution >= 0.6 is 24.0 Å². The molecule has 2 N–H and O–H groups in total. The van der Waals surface area contributed by atoms with Gasteiger partial charge in [-0.3, -0.25) is 4.99 Å². The molecule has 23 heavy (non-hydrogen) atoms. The summed E-state index contributed by atoms with van der Waals surface area (Å²) in [6, 6.07) is 19.2. The standard InChI is InChI=1S/C19H25N3.HI/c1-15-8-7-9-17(14-15)12-13-21-19(20-3)22-16(2)18-10-5-4-6-11-18;/h4-11,14,16H,12-13H2,1-3H3,(H2,20,21,22);1H. The lowest BCUT2D eigenvalue weighted by molar-refractivity contribution is 0.684. The molecule has 0 bridgehead atoms. The molecule has 0 aliphatic carbocycles. The average molecular weight is 423 g/mol. The maximum Gasteiger partial charge on any atom is 0.191 e. The molecular formula is C19H26IN3. The van der Waals surface area contributed by atoms with Crippen molar-refractivity contribution in [2.24, 2.45) is 4.99 Å². The molecule has 2 aromatic rings. The second-order valence-electron chi connectivity index (χ2n) is 5.51. The first-order chi connectivity index (χ1) is 10.7. The Bertz CT molecular complexity index is 611. The molecule has 3 nitrogen and oxygen atoms in total. The number of hydrogen-bond acceptors (Lipinski definition) is 1. The van der Waals surface area contributed by atoms with Gasteiger partial charge in [0.15, 0.2) is 5.96 Å². The summed E-state index contributed by atoms with van der Waals surface area (Å²) in [5.74, 6) is 0.837. The van der Waals surface area contributed by atoms with Crippen molar-refractivity contribution in [2.45, 2.75) is 26.3 Å². The molecule has 0 spiro atoms. The van der Waals surface area contributed by atoms with Gasteiger partial charge in [0, 0.05) is 13.6 Å². The fourth-order valence-corrected chi connectivity index (χ4v) is 2.42. The van der Waals surface area contributed by atoms with Gasteiger partial charge in [-0.25, -0.2) is 0 Å². The van der Waals surface area contributed by atoms with E-state index in [9.17, 15) is 0 Å². The molecular weight excluding hydrogens is 397 g/mol. The van der Waals surface area contributed by atoms with E-state index in [4.69, 9.17) is 0 Å². The monoisotopic (exact) mass is 423 g/mol. The molecule has 0 saturated heterocycles. The minimum absolute atomic E-state index is 0. The van der Waals surface area contributed by atoms with Crippen LogP contribution in [0.25, 0.3) is 0 Å². The number of hydrogen-bond donors (Lipinski definition) is 2. The van der Waals surface area contributed by atoms with Crippen molar-refractivity contribution in [1.29, 1.82) is 0 Å². The van der Waals surface area contributed by atoms with E-state index in [0.717, 1.165) is 18.9 Å². The van der Waals surface area contributed by atoms with Crippen LogP contribution in [0.5, 0.6) is 0 Å². The van der Waals surface area contributed by atoms with Gasteiger partial charge in [0.1, 0.15) is 0 Å². The summed E-state index contributed by atoms with van der Waals surface area (Å²) in [6.45, 7) is 5.13. The lowest BCUT2D eigenvalue weighted by Crippen LogP contribution is -2.39. The van der Waals surface area contributed by atoms with Crippen LogP contribution in [0.2, 0.25) is 0 Å². The van der Waals surface area contributed by atoms with Crippen molar-refractivity contribution in [1.82, 2.24) is 10.6 Å². The summed E-state index contributed by atoms with van der Waals surface area (Å²) >= 11 is 0. The number of rotatable bonds is 5. The Morgan fingerprint density at radius 3 is 2.48 bits per heavy atom. The Morgan fingerprint density at radius 2 is 1.83 bits per heavy atom. The minimum Gasteiger partial charge on any atom is -0.356 e. The maximum atomic E-state index is 4.30. The Balaban J connectivity index is 0.00000264. The number of nitrogens with one attached hydrogen (secondary N) is 2. The molecule has 0 saturated carbocycles. The highest BCUT2D eigenvalue weighted by atomic mass is 127. The van der Waals surface area contributed by atoms with Crippen LogP contribution in [-0.2, 0) is 6.42 Å². The first-order valence-electron chi connectivity index (χ1n) is 7.76. The van der Waals surface area contributed by atoms with Crippen molar-refractivity contribution in [3.63, 3.8) is 0 Å². The van der Waals surface area contributed by atoms with Gasteiger partial charge in [0.25, 0.3) is 0 Å². The highest BCUT2D eigenvalue weighted by Crippen LogP contribution is 2.10. The topological polar surface area (TPSA) is 36.4 Å². The Kier molecular flexibility index (Phi) is 8.69. The van der Waals surface area contributed by atoms with E-state index in [1.165, 1.54) is 16.7 Å². The molecule has 0 aromatic heterocycles. The van der Waals surface area contributed by atoms with Crippen LogP contribution in [0.4, 0.5) is 0 Å². The fraction of sp³-hybridized carbons (Fsp3) is 0.316. The van der Waals surface area contributed by atoms with E-state index < -0.39 is 0 Å². The molecule has 2 aromatic carbocycles. The van der Waals surface area contributed by atoms with E-state index in [1.807, 2.05) is 6.07 Å². The Labute approximate surface area is 156 Å². The zero-order valence-electron chi connectivity index (χ0n) is 14.0. The highest BCUT2D eigenvalue weighted by Gasteiger charge is 2.06.